The Morgan fingerprint density at radius 1 is 1.29 bits per heavy atom. The van der Waals surface area contributed by atoms with Crippen LogP contribution in [0.15, 0.2) is 40.8 Å². The average Bonchev–Trinajstić information content (AvgIpc) is 3.33. The molecule has 28 heavy (non-hydrogen) atoms. The van der Waals surface area contributed by atoms with Crippen LogP contribution >= 0.6 is 11.3 Å². The molecule has 1 amide bonds. The molecular formula is C21H23N3O3S. The predicted molar refractivity (Wildman–Crippen MR) is 109 cm³/mol. The first kappa shape index (κ1) is 18.7. The van der Waals surface area contributed by atoms with Crippen LogP contribution in [0.25, 0.3) is 10.8 Å². The van der Waals surface area contributed by atoms with E-state index in [1.54, 1.807) is 7.11 Å². The second-order valence-corrected chi connectivity index (χ2v) is 7.80. The quantitative estimate of drug-likeness (QED) is 0.725. The van der Waals surface area contributed by atoms with Crippen LogP contribution in [0.5, 0.6) is 5.75 Å². The highest BCUT2D eigenvalue weighted by atomic mass is 32.1. The number of nitrogens with zero attached hydrogens (tertiary/aromatic N) is 2. The van der Waals surface area contributed by atoms with Gasteiger partial charge in [-0.25, -0.2) is 4.98 Å². The average molecular weight is 398 g/mol. The molecule has 3 aromatic rings. The number of hydrogen-bond acceptors (Lipinski definition) is 6. The minimum Gasteiger partial charge on any atom is -0.496 e. The minimum atomic E-state index is -0.0896. The molecule has 1 fully saturated rings. The summed E-state index contributed by atoms with van der Waals surface area (Å²) in [5.41, 5.74) is 1.74. The minimum absolute atomic E-state index is 0.00179. The molecule has 1 saturated heterocycles. The van der Waals surface area contributed by atoms with Crippen molar-refractivity contribution >= 4 is 17.2 Å². The Bertz CT molecular complexity index is 994. The van der Waals surface area contributed by atoms with Gasteiger partial charge in [0.05, 0.1) is 18.8 Å². The molecule has 1 aliphatic rings. The lowest BCUT2D eigenvalue weighted by molar-refractivity contribution is 0.0635. The number of piperazine rings is 1. The fourth-order valence-corrected chi connectivity index (χ4v) is 4.53. The molecule has 0 bridgehead atoms. The maximum Gasteiger partial charge on any atom is 0.266 e. The fourth-order valence-electron chi connectivity index (χ4n) is 3.55. The molecule has 1 unspecified atom stereocenters. The number of ether oxygens (including phenoxy) is 1. The number of benzene rings is 1. The Labute approximate surface area is 168 Å². The van der Waals surface area contributed by atoms with Gasteiger partial charge in [0.1, 0.15) is 16.4 Å². The summed E-state index contributed by atoms with van der Waals surface area (Å²) in [6, 6.07) is 11.6. The van der Waals surface area contributed by atoms with E-state index >= 15 is 0 Å². The number of carbonyl (C=O) groups is 1. The summed E-state index contributed by atoms with van der Waals surface area (Å²) in [5, 5.41) is 4.13. The van der Waals surface area contributed by atoms with Crippen LogP contribution in [-0.4, -0.2) is 42.5 Å². The summed E-state index contributed by atoms with van der Waals surface area (Å²) in [5.74, 6) is 2.32. The zero-order valence-electron chi connectivity index (χ0n) is 16.2. The SMILES string of the molecule is COc1ccccc1C1CNCCN1C(=O)c1sc(-c2ccc(C)o2)nc1C. The summed E-state index contributed by atoms with van der Waals surface area (Å²) in [7, 11) is 1.66. The van der Waals surface area contributed by atoms with Gasteiger partial charge in [-0.2, -0.15) is 0 Å². The number of para-hydroxylation sites is 1. The molecule has 6 nitrogen and oxygen atoms in total. The van der Waals surface area contributed by atoms with Crippen molar-refractivity contribution in [2.75, 3.05) is 26.7 Å². The molecule has 146 valence electrons. The van der Waals surface area contributed by atoms with Crippen LogP contribution in [0.2, 0.25) is 0 Å². The first-order valence-corrected chi connectivity index (χ1v) is 10.1. The molecule has 3 heterocycles. The Morgan fingerprint density at radius 2 is 2.11 bits per heavy atom. The molecule has 1 aliphatic heterocycles. The smallest absolute Gasteiger partial charge is 0.266 e. The molecule has 0 spiro atoms. The van der Waals surface area contributed by atoms with Crippen molar-refractivity contribution in [1.29, 1.82) is 0 Å². The molecule has 4 rings (SSSR count). The summed E-state index contributed by atoms with van der Waals surface area (Å²) in [4.78, 5) is 20.6. The van der Waals surface area contributed by atoms with Crippen molar-refractivity contribution < 1.29 is 13.9 Å². The molecule has 0 aliphatic carbocycles. The van der Waals surface area contributed by atoms with Gasteiger partial charge in [-0.3, -0.25) is 4.79 Å². The summed E-state index contributed by atoms with van der Waals surface area (Å²) in [6.45, 7) is 5.86. The highest BCUT2D eigenvalue weighted by Crippen LogP contribution is 2.34. The molecule has 7 heteroatoms. The largest absolute Gasteiger partial charge is 0.496 e. The molecule has 2 aromatic heterocycles. The lowest BCUT2D eigenvalue weighted by Gasteiger charge is -2.37. The molecule has 1 atom stereocenters. The second kappa shape index (κ2) is 7.77. The van der Waals surface area contributed by atoms with Gasteiger partial charge < -0.3 is 19.4 Å². The molecular weight excluding hydrogens is 374 g/mol. The third-order valence-electron chi connectivity index (χ3n) is 4.94. The van der Waals surface area contributed by atoms with Gasteiger partial charge in [-0.05, 0) is 32.0 Å². The maximum absolute atomic E-state index is 13.5. The number of aromatic nitrogens is 1. The lowest BCUT2D eigenvalue weighted by atomic mass is 10.0. The first-order valence-electron chi connectivity index (χ1n) is 9.27. The highest BCUT2D eigenvalue weighted by Gasteiger charge is 2.32. The van der Waals surface area contributed by atoms with E-state index in [-0.39, 0.29) is 11.9 Å². The number of hydrogen-bond donors (Lipinski definition) is 1. The van der Waals surface area contributed by atoms with Crippen molar-refractivity contribution in [3.05, 3.63) is 58.3 Å². The van der Waals surface area contributed by atoms with E-state index in [0.29, 0.717) is 23.7 Å². The van der Waals surface area contributed by atoms with Crippen molar-refractivity contribution in [1.82, 2.24) is 15.2 Å². The van der Waals surface area contributed by atoms with Crippen molar-refractivity contribution in [3.63, 3.8) is 0 Å². The molecule has 0 saturated carbocycles. The number of methoxy groups -OCH3 is 1. The Hall–Kier alpha value is -2.64. The van der Waals surface area contributed by atoms with E-state index < -0.39 is 0 Å². The van der Waals surface area contributed by atoms with Gasteiger partial charge >= 0.3 is 0 Å². The van der Waals surface area contributed by atoms with Gasteiger partial charge in [-0.15, -0.1) is 11.3 Å². The van der Waals surface area contributed by atoms with Crippen LogP contribution in [0.3, 0.4) is 0 Å². The van der Waals surface area contributed by atoms with E-state index in [0.717, 1.165) is 34.3 Å². The van der Waals surface area contributed by atoms with Crippen molar-refractivity contribution in [2.45, 2.75) is 19.9 Å². The number of amides is 1. The summed E-state index contributed by atoms with van der Waals surface area (Å²) >= 11 is 1.39. The van der Waals surface area contributed by atoms with Gasteiger partial charge in [0.15, 0.2) is 10.8 Å². The van der Waals surface area contributed by atoms with E-state index in [4.69, 9.17) is 9.15 Å². The van der Waals surface area contributed by atoms with Crippen LogP contribution in [0.1, 0.15) is 32.7 Å². The molecule has 1 N–H and O–H groups in total. The van der Waals surface area contributed by atoms with Crippen molar-refractivity contribution in [2.24, 2.45) is 0 Å². The van der Waals surface area contributed by atoms with Crippen LogP contribution in [0, 0.1) is 13.8 Å². The number of rotatable bonds is 4. The number of thiazole rings is 1. The van der Waals surface area contributed by atoms with Crippen LogP contribution in [-0.2, 0) is 0 Å². The highest BCUT2D eigenvalue weighted by molar-refractivity contribution is 7.17. The second-order valence-electron chi connectivity index (χ2n) is 6.80. The Morgan fingerprint density at radius 3 is 2.86 bits per heavy atom. The Kier molecular flexibility index (Phi) is 5.19. The van der Waals surface area contributed by atoms with Gasteiger partial charge in [0, 0.05) is 25.2 Å². The van der Waals surface area contributed by atoms with Gasteiger partial charge in [-0.1, -0.05) is 18.2 Å². The first-order chi connectivity index (χ1) is 13.6. The van der Waals surface area contributed by atoms with Crippen LogP contribution in [0.4, 0.5) is 0 Å². The zero-order chi connectivity index (χ0) is 19.7. The van der Waals surface area contributed by atoms with Crippen molar-refractivity contribution in [3.8, 4) is 16.5 Å². The topological polar surface area (TPSA) is 67.6 Å². The molecule has 1 aromatic carbocycles. The van der Waals surface area contributed by atoms with E-state index in [9.17, 15) is 4.79 Å². The lowest BCUT2D eigenvalue weighted by Crippen LogP contribution is -2.48. The third kappa shape index (κ3) is 3.43. The van der Waals surface area contributed by atoms with Gasteiger partial charge in [0.2, 0.25) is 0 Å². The third-order valence-corrected chi connectivity index (χ3v) is 6.10. The predicted octanol–water partition coefficient (Wildman–Crippen LogP) is 3.82. The summed E-state index contributed by atoms with van der Waals surface area (Å²) < 4.78 is 11.2. The maximum atomic E-state index is 13.5. The summed E-state index contributed by atoms with van der Waals surface area (Å²) in [6.07, 6.45) is 0. The normalized spacial score (nSPS) is 17.0. The number of furan rings is 1. The number of aryl methyl sites for hydroxylation is 2. The monoisotopic (exact) mass is 397 g/mol. The van der Waals surface area contributed by atoms with E-state index in [1.807, 2.05) is 55.1 Å². The Balaban J connectivity index is 1.67. The fraction of sp³-hybridized carbons (Fsp3) is 0.333. The van der Waals surface area contributed by atoms with Crippen LogP contribution < -0.4 is 10.1 Å². The van der Waals surface area contributed by atoms with E-state index in [2.05, 4.69) is 10.3 Å². The molecule has 0 radical (unpaired) electrons. The van der Waals surface area contributed by atoms with Gasteiger partial charge in [0.25, 0.3) is 5.91 Å². The number of nitrogens with one attached hydrogen (secondary N) is 1. The van der Waals surface area contributed by atoms with E-state index in [1.165, 1.54) is 11.3 Å². The zero-order valence-corrected chi connectivity index (χ0v) is 17.0. The number of carbonyl (C=O) groups excluding carboxylic acids is 1. The standard InChI is InChI=1S/C21H23N3O3S/c1-13-8-9-18(27-13)20-23-14(2)19(28-20)21(25)24-11-10-22-12-16(24)15-6-4-5-7-17(15)26-3/h4-9,16,22H,10-12H2,1-3H3.